The number of carbonyl (C=O) groups excluding carboxylic acids is 3. The molecular formula is C25H36N2O6. The molecule has 0 unspecified atom stereocenters. The van der Waals surface area contributed by atoms with E-state index in [-0.39, 0.29) is 57.1 Å². The van der Waals surface area contributed by atoms with Gasteiger partial charge < -0.3 is 25.2 Å². The Morgan fingerprint density at radius 2 is 1.85 bits per heavy atom. The molecule has 0 saturated carbocycles. The Kier molecular flexibility index (Phi) is 14.9. The molecule has 1 aromatic rings. The predicted molar refractivity (Wildman–Crippen MR) is 126 cm³/mol. The van der Waals surface area contributed by atoms with Crippen LogP contribution < -0.4 is 10.6 Å². The Balaban J connectivity index is 2.70. The molecule has 0 aliphatic carbocycles. The number of benzene rings is 1. The maximum atomic E-state index is 13.0. The van der Waals surface area contributed by atoms with Gasteiger partial charge >= 0.3 is 5.97 Å². The van der Waals surface area contributed by atoms with Crippen LogP contribution in [0.4, 0.5) is 0 Å². The summed E-state index contributed by atoms with van der Waals surface area (Å²) in [7, 11) is 0. The van der Waals surface area contributed by atoms with Crippen LogP contribution in [-0.4, -0.2) is 61.9 Å². The van der Waals surface area contributed by atoms with Gasteiger partial charge in [0.2, 0.25) is 11.8 Å². The summed E-state index contributed by atoms with van der Waals surface area (Å²) in [5.74, 6) is -1.53. The van der Waals surface area contributed by atoms with E-state index in [0.29, 0.717) is 25.8 Å². The third-order valence-electron chi connectivity index (χ3n) is 4.73. The van der Waals surface area contributed by atoms with Crippen molar-refractivity contribution in [2.75, 3.05) is 33.0 Å². The first kappa shape index (κ1) is 28.1. The molecule has 3 N–H and O–H groups in total. The van der Waals surface area contributed by atoms with E-state index in [2.05, 4.69) is 23.8 Å². The van der Waals surface area contributed by atoms with Gasteiger partial charge in [0, 0.05) is 19.4 Å². The molecule has 33 heavy (non-hydrogen) atoms. The number of rotatable bonds is 18. The molecule has 0 aliphatic rings. The molecule has 0 aromatic heterocycles. The number of amides is 2. The molecule has 0 radical (unpaired) electrons. The summed E-state index contributed by atoms with van der Waals surface area (Å²) in [6.45, 7) is 8.01. The first-order chi connectivity index (χ1) is 16.0. The molecule has 8 nitrogen and oxygen atoms in total. The quantitative estimate of drug-likeness (QED) is 0.175. The standard InChI is InChI=1S/C25H36N2O6/c1-3-5-12-24(30)33-19-22(17-20-10-7-6-8-11-20)27-25(31)21(9-4-2)18-23(29)26-13-15-32-16-14-28/h3-4,6-8,10-11,21-22,28H,1-2,5,9,12-19H2,(H,26,29)(H,27,31)/t21-,22+/m1/s1. The number of esters is 1. The number of ether oxygens (including phenoxy) is 2. The van der Waals surface area contributed by atoms with Gasteiger partial charge in [-0.2, -0.15) is 0 Å². The second-order valence-electron chi connectivity index (χ2n) is 7.52. The monoisotopic (exact) mass is 460 g/mol. The van der Waals surface area contributed by atoms with Crippen molar-refractivity contribution in [1.82, 2.24) is 10.6 Å². The molecular weight excluding hydrogens is 424 g/mol. The van der Waals surface area contributed by atoms with Gasteiger partial charge in [-0.3, -0.25) is 14.4 Å². The van der Waals surface area contributed by atoms with Crippen molar-refractivity contribution in [1.29, 1.82) is 0 Å². The molecule has 2 atom stereocenters. The lowest BCUT2D eigenvalue weighted by atomic mass is 9.98. The maximum absolute atomic E-state index is 13.0. The van der Waals surface area contributed by atoms with Gasteiger partial charge in [0.25, 0.3) is 0 Å². The highest BCUT2D eigenvalue weighted by atomic mass is 16.5. The Hall–Kier alpha value is -2.97. The van der Waals surface area contributed by atoms with Crippen LogP contribution in [0.1, 0.15) is 31.2 Å². The fourth-order valence-corrected chi connectivity index (χ4v) is 3.06. The molecule has 0 heterocycles. The highest BCUT2D eigenvalue weighted by Crippen LogP contribution is 2.12. The van der Waals surface area contributed by atoms with Gasteiger partial charge in [-0.15, -0.1) is 13.2 Å². The van der Waals surface area contributed by atoms with E-state index in [9.17, 15) is 14.4 Å². The molecule has 1 aromatic carbocycles. The molecule has 0 aliphatic heterocycles. The highest BCUT2D eigenvalue weighted by Gasteiger charge is 2.24. The predicted octanol–water partition coefficient (Wildman–Crippen LogP) is 1.93. The van der Waals surface area contributed by atoms with Crippen LogP contribution in [0, 0.1) is 5.92 Å². The Labute approximate surface area is 196 Å². The zero-order chi connectivity index (χ0) is 24.3. The zero-order valence-electron chi connectivity index (χ0n) is 19.2. The van der Waals surface area contributed by atoms with Gasteiger partial charge in [0.15, 0.2) is 0 Å². The number of hydrogen-bond acceptors (Lipinski definition) is 6. The number of hydrogen-bond donors (Lipinski definition) is 3. The molecule has 182 valence electrons. The van der Waals surface area contributed by atoms with Gasteiger partial charge in [0.1, 0.15) is 6.61 Å². The third kappa shape index (κ3) is 13.2. The molecule has 0 saturated heterocycles. The van der Waals surface area contributed by atoms with Crippen LogP contribution in [-0.2, 0) is 30.3 Å². The molecule has 0 bridgehead atoms. The number of carbonyl (C=O) groups is 3. The van der Waals surface area contributed by atoms with Crippen LogP contribution >= 0.6 is 0 Å². The SMILES string of the molecule is C=CCCC(=O)OC[C@H](Cc1ccccc1)NC(=O)[C@H](CC=C)CC(=O)NCCOCCO. The third-order valence-corrected chi connectivity index (χ3v) is 4.73. The minimum atomic E-state index is -0.601. The molecule has 0 fully saturated rings. The molecule has 0 spiro atoms. The van der Waals surface area contributed by atoms with E-state index in [1.54, 1.807) is 12.2 Å². The summed E-state index contributed by atoms with van der Waals surface area (Å²) in [6.07, 6.45) is 4.81. The van der Waals surface area contributed by atoms with Gasteiger partial charge in [0.05, 0.1) is 31.8 Å². The number of nitrogens with one attached hydrogen (secondary N) is 2. The average Bonchev–Trinajstić information content (AvgIpc) is 2.81. The van der Waals surface area contributed by atoms with E-state index in [1.807, 2.05) is 30.3 Å². The molecule has 2 amide bonds. The zero-order valence-corrected chi connectivity index (χ0v) is 19.2. The summed E-state index contributed by atoms with van der Waals surface area (Å²) < 4.78 is 10.5. The van der Waals surface area contributed by atoms with Crippen LogP contribution in [0.15, 0.2) is 55.6 Å². The number of aliphatic hydroxyl groups excluding tert-OH is 1. The average molecular weight is 461 g/mol. The highest BCUT2D eigenvalue weighted by molar-refractivity contribution is 5.86. The lowest BCUT2D eigenvalue weighted by molar-refractivity contribution is -0.145. The summed E-state index contributed by atoms with van der Waals surface area (Å²) >= 11 is 0. The Morgan fingerprint density at radius 1 is 1.09 bits per heavy atom. The Morgan fingerprint density at radius 3 is 2.52 bits per heavy atom. The van der Waals surface area contributed by atoms with E-state index in [0.717, 1.165) is 5.56 Å². The number of aliphatic hydroxyl groups is 1. The van der Waals surface area contributed by atoms with Crippen molar-refractivity contribution < 1.29 is 29.0 Å². The molecule has 1 rings (SSSR count). The van der Waals surface area contributed by atoms with Crippen molar-refractivity contribution in [3.8, 4) is 0 Å². The normalized spacial score (nSPS) is 12.3. The van der Waals surface area contributed by atoms with Crippen molar-refractivity contribution >= 4 is 17.8 Å². The maximum Gasteiger partial charge on any atom is 0.306 e. The molecule has 8 heteroatoms. The lowest BCUT2D eigenvalue weighted by Gasteiger charge is -2.22. The largest absolute Gasteiger partial charge is 0.463 e. The van der Waals surface area contributed by atoms with Crippen LogP contribution in [0.2, 0.25) is 0 Å². The van der Waals surface area contributed by atoms with E-state index in [1.165, 1.54) is 0 Å². The second kappa shape index (κ2) is 17.6. The first-order valence-corrected chi connectivity index (χ1v) is 11.2. The fourth-order valence-electron chi connectivity index (χ4n) is 3.06. The van der Waals surface area contributed by atoms with Crippen molar-refractivity contribution in [2.24, 2.45) is 5.92 Å². The van der Waals surface area contributed by atoms with Crippen LogP contribution in [0.25, 0.3) is 0 Å². The first-order valence-electron chi connectivity index (χ1n) is 11.2. The topological polar surface area (TPSA) is 114 Å². The van der Waals surface area contributed by atoms with E-state index >= 15 is 0 Å². The van der Waals surface area contributed by atoms with Crippen LogP contribution in [0.5, 0.6) is 0 Å². The Bertz CT molecular complexity index is 738. The lowest BCUT2D eigenvalue weighted by Crippen LogP contribution is -2.44. The van der Waals surface area contributed by atoms with E-state index < -0.39 is 12.0 Å². The van der Waals surface area contributed by atoms with Crippen molar-refractivity contribution in [2.45, 2.75) is 38.1 Å². The minimum Gasteiger partial charge on any atom is -0.463 e. The van der Waals surface area contributed by atoms with Crippen LogP contribution in [0.3, 0.4) is 0 Å². The second-order valence-corrected chi connectivity index (χ2v) is 7.52. The minimum absolute atomic E-state index is 0.00493. The summed E-state index contributed by atoms with van der Waals surface area (Å²) in [5.41, 5.74) is 0.992. The number of allylic oxidation sites excluding steroid dienone is 2. The van der Waals surface area contributed by atoms with Gasteiger partial charge in [-0.25, -0.2) is 0 Å². The smallest absolute Gasteiger partial charge is 0.306 e. The summed E-state index contributed by atoms with van der Waals surface area (Å²) in [4.78, 5) is 37.1. The van der Waals surface area contributed by atoms with Crippen molar-refractivity contribution in [3.05, 3.63) is 61.2 Å². The summed E-state index contributed by atoms with van der Waals surface area (Å²) in [6, 6.07) is 9.15. The van der Waals surface area contributed by atoms with Crippen molar-refractivity contribution in [3.63, 3.8) is 0 Å². The fraction of sp³-hybridized carbons (Fsp3) is 0.480. The van der Waals surface area contributed by atoms with Gasteiger partial charge in [-0.05, 0) is 24.8 Å². The van der Waals surface area contributed by atoms with Gasteiger partial charge in [-0.1, -0.05) is 42.5 Å². The van der Waals surface area contributed by atoms with E-state index in [4.69, 9.17) is 14.6 Å². The summed E-state index contributed by atoms with van der Waals surface area (Å²) in [5, 5.41) is 14.3.